The number of aromatic amines is 1. The molecule has 4 aromatic rings. The topological polar surface area (TPSA) is 83.6 Å². The molecule has 6 nitrogen and oxygen atoms in total. The summed E-state index contributed by atoms with van der Waals surface area (Å²) < 4.78 is 11.7. The van der Waals surface area contributed by atoms with E-state index in [1.807, 2.05) is 85.9 Å². The molecule has 0 amide bonds. The number of H-pyrrole nitrogens is 1. The number of nitrogens with one attached hydrogen (secondary N) is 2. The Hall–Kier alpha value is -3.77. The Morgan fingerprint density at radius 2 is 1.76 bits per heavy atom. The molecule has 33 heavy (non-hydrogen) atoms. The van der Waals surface area contributed by atoms with Gasteiger partial charge >= 0.3 is 5.97 Å². The minimum Gasteiger partial charge on any atom is -0.490 e. The van der Waals surface area contributed by atoms with Crippen LogP contribution in [-0.2, 0) is 24.4 Å². The third kappa shape index (κ3) is 5.73. The Kier molecular flexibility index (Phi) is 7.27. The smallest absolute Gasteiger partial charge is 0.321 e. The van der Waals surface area contributed by atoms with Gasteiger partial charge in [-0.15, -0.1) is 0 Å². The lowest BCUT2D eigenvalue weighted by molar-refractivity contribution is -0.139. The van der Waals surface area contributed by atoms with Gasteiger partial charge in [-0.05, 0) is 41.8 Å². The summed E-state index contributed by atoms with van der Waals surface area (Å²) in [6, 6.07) is 22.9. The van der Waals surface area contributed by atoms with Crippen LogP contribution in [0.5, 0.6) is 11.5 Å². The van der Waals surface area contributed by atoms with Crippen LogP contribution in [-0.4, -0.2) is 28.7 Å². The van der Waals surface area contributed by atoms with Crippen LogP contribution in [0.3, 0.4) is 0 Å². The van der Waals surface area contributed by atoms with Gasteiger partial charge in [0.25, 0.3) is 0 Å². The van der Waals surface area contributed by atoms with Crippen molar-refractivity contribution in [3.63, 3.8) is 0 Å². The maximum absolute atomic E-state index is 11.9. The number of carboxylic acid groups (broad SMARTS) is 1. The van der Waals surface area contributed by atoms with E-state index >= 15 is 0 Å². The van der Waals surface area contributed by atoms with Gasteiger partial charge in [-0.25, -0.2) is 0 Å². The van der Waals surface area contributed by atoms with E-state index in [9.17, 15) is 9.90 Å². The van der Waals surface area contributed by atoms with Crippen LogP contribution in [0, 0.1) is 0 Å². The predicted molar refractivity (Wildman–Crippen MR) is 129 cm³/mol. The molecule has 0 aliphatic carbocycles. The fourth-order valence-corrected chi connectivity index (χ4v) is 3.79. The molecule has 0 unspecified atom stereocenters. The third-order valence-corrected chi connectivity index (χ3v) is 5.49. The fourth-order valence-electron chi connectivity index (χ4n) is 3.79. The minimum absolute atomic E-state index is 0.385. The lowest BCUT2D eigenvalue weighted by Gasteiger charge is -2.16. The minimum atomic E-state index is -0.881. The van der Waals surface area contributed by atoms with Gasteiger partial charge in [0.05, 0.1) is 6.61 Å². The molecule has 0 spiro atoms. The van der Waals surface area contributed by atoms with Gasteiger partial charge in [0.2, 0.25) is 0 Å². The number of hydrogen-bond acceptors (Lipinski definition) is 4. The summed E-state index contributed by atoms with van der Waals surface area (Å²) in [6.07, 6.45) is 2.27. The Balaban J connectivity index is 1.43. The molecule has 1 aromatic heterocycles. The van der Waals surface area contributed by atoms with E-state index in [0.29, 0.717) is 37.7 Å². The zero-order chi connectivity index (χ0) is 23.0. The van der Waals surface area contributed by atoms with Gasteiger partial charge in [-0.2, -0.15) is 0 Å². The Morgan fingerprint density at radius 1 is 0.970 bits per heavy atom. The van der Waals surface area contributed by atoms with Crippen LogP contribution in [0.25, 0.3) is 10.9 Å². The van der Waals surface area contributed by atoms with Crippen LogP contribution in [0.1, 0.15) is 23.6 Å². The first kappa shape index (κ1) is 22.4. The second-order valence-corrected chi connectivity index (χ2v) is 7.82. The zero-order valence-electron chi connectivity index (χ0n) is 18.6. The summed E-state index contributed by atoms with van der Waals surface area (Å²) in [4.78, 5) is 15.1. The van der Waals surface area contributed by atoms with Crippen molar-refractivity contribution in [2.75, 3.05) is 6.61 Å². The van der Waals surface area contributed by atoms with Crippen molar-refractivity contribution in [1.29, 1.82) is 0 Å². The average Bonchev–Trinajstić information content (AvgIpc) is 3.24. The van der Waals surface area contributed by atoms with Gasteiger partial charge in [0.1, 0.15) is 12.6 Å². The van der Waals surface area contributed by atoms with E-state index < -0.39 is 12.0 Å². The quantitative estimate of drug-likeness (QED) is 0.305. The van der Waals surface area contributed by atoms with E-state index in [1.165, 1.54) is 0 Å². The number of ether oxygens (including phenoxy) is 2. The molecule has 0 aliphatic heterocycles. The molecule has 0 bridgehead atoms. The van der Waals surface area contributed by atoms with Gasteiger partial charge in [-0.1, -0.05) is 54.6 Å². The molecule has 1 heterocycles. The monoisotopic (exact) mass is 444 g/mol. The van der Waals surface area contributed by atoms with Crippen molar-refractivity contribution in [3.05, 3.63) is 95.7 Å². The molecule has 0 radical (unpaired) electrons. The maximum Gasteiger partial charge on any atom is 0.321 e. The number of rotatable bonds is 11. The molecule has 0 fully saturated rings. The normalized spacial score (nSPS) is 11.9. The average molecular weight is 445 g/mol. The van der Waals surface area contributed by atoms with Crippen LogP contribution >= 0.6 is 0 Å². The molecule has 4 rings (SSSR count). The van der Waals surface area contributed by atoms with E-state index in [1.54, 1.807) is 0 Å². The standard InChI is InChI=1S/C27H28N2O4/c1-2-32-26-14-20(12-13-25(26)33-18-19-8-4-3-5-9-19)16-28-24(27(30)31)15-21-17-29-23-11-7-6-10-22(21)23/h3-14,17,24,28-29H,2,15-16,18H2,1H3,(H,30,31)/t24-/m1/s1. The lowest BCUT2D eigenvalue weighted by atomic mass is 10.0. The van der Waals surface area contributed by atoms with E-state index in [2.05, 4.69) is 10.3 Å². The first-order valence-electron chi connectivity index (χ1n) is 11.1. The highest BCUT2D eigenvalue weighted by atomic mass is 16.5. The number of aliphatic carboxylic acids is 1. The molecule has 0 aliphatic rings. The summed E-state index contributed by atoms with van der Waals surface area (Å²) in [7, 11) is 0. The maximum atomic E-state index is 11.9. The van der Waals surface area contributed by atoms with E-state index in [-0.39, 0.29) is 0 Å². The highest BCUT2D eigenvalue weighted by Gasteiger charge is 2.19. The van der Waals surface area contributed by atoms with Crippen LogP contribution in [0.4, 0.5) is 0 Å². The molecule has 0 saturated carbocycles. The number of fused-ring (bicyclic) bond motifs is 1. The highest BCUT2D eigenvalue weighted by Crippen LogP contribution is 2.29. The molecule has 1 atom stereocenters. The number of benzene rings is 3. The highest BCUT2D eigenvalue weighted by molar-refractivity contribution is 5.84. The number of carbonyl (C=O) groups is 1. The zero-order valence-corrected chi connectivity index (χ0v) is 18.6. The second-order valence-electron chi connectivity index (χ2n) is 7.82. The number of hydrogen-bond donors (Lipinski definition) is 3. The summed E-state index contributed by atoms with van der Waals surface area (Å²) in [6.45, 7) is 3.28. The van der Waals surface area contributed by atoms with Crippen molar-refractivity contribution in [2.45, 2.75) is 32.5 Å². The van der Waals surface area contributed by atoms with Crippen molar-refractivity contribution in [1.82, 2.24) is 10.3 Å². The van der Waals surface area contributed by atoms with E-state index in [0.717, 1.165) is 27.6 Å². The largest absolute Gasteiger partial charge is 0.490 e. The van der Waals surface area contributed by atoms with Crippen molar-refractivity contribution < 1.29 is 19.4 Å². The van der Waals surface area contributed by atoms with E-state index in [4.69, 9.17) is 9.47 Å². The number of aromatic nitrogens is 1. The number of para-hydroxylation sites is 1. The Morgan fingerprint density at radius 3 is 2.55 bits per heavy atom. The SMILES string of the molecule is CCOc1cc(CN[C@H](Cc2c[nH]c3ccccc23)C(=O)O)ccc1OCc1ccccc1. The summed E-state index contributed by atoms with van der Waals surface area (Å²) in [5.41, 5.74) is 3.98. The molecule has 0 saturated heterocycles. The first-order chi connectivity index (χ1) is 16.1. The van der Waals surface area contributed by atoms with Crippen molar-refractivity contribution in [2.24, 2.45) is 0 Å². The summed E-state index contributed by atoms with van der Waals surface area (Å²) in [5.74, 6) is 0.433. The third-order valence-electron chi connectivity index (χ3n) is 5.49. The number of carboxylic acids is 1. The summed E-state index contributed by atoms with van der Waals surface area (Å²) >= 11 is 0. The van der Waals surface area contributed by atoms with Crippen LogP contribution in [0.15, 0.2) is 79.0 Å². The Bertz CT molecular complexity index is 1200. The van der Waals surface area contributed by atoms with Crippen LogP contribution < -0.4 is 14.8 Å². The molecular formula is C27H28N2O4. The van der Waals surface area contributed by atoms with Gasteiger partial charge in [0.15, 0.2) is 11.5 Å². The lowest BCUT2D eigenvalue weighted by Crippen LogP contribution is -2.38. The second kappa shape index (κ2) is 10.7. The van der Waals surface area contributed by atoms with Crippen LogP contribution in [0.2, 0.25) is 0 Å². The molecular weight excluding hydrogens is 416 g/mol. The van der Waals surface area contributed by atoms with Gasteiger partial charge in [0, 0.05) is 30.1 Å². The van der Waals surface area contributed by atoms with Crippen molar-refractivity contribution >= 4 is 16.9 Å². The van der Waals surface area contributed by atoms with Gasteiger partial charge in [-0.3, -0.25) is 4.79 Å². The van der Waals surface area contributed by atoms with Gasteiger partial charge < -0.3 is 24.9 Å². The molecule has 170 valence electrons. The van der Waals surface area contributed by atoms with Crippen molar-refractivity contribution in [3.8, 4) is 11.5 Å². The Labute approximate surface area is 193 Å². The first-order valence-corrected chi connectivity index (χ1v) is 11.1. The molecule has 3 N–H and O–H groups in total. The fraction of sp³-hybridized carbons (Fsp3) is 0.222. The predicted octanol–water partition coefficient (Wildman–Crippen LogP) is 4.93. The summed E-state index contributed by atoms with van der Waals surface area (Å²) in [5, 5.41) is 14.0. The molecule has 3 aromatic carbocycles. The molecule has 6 heteroatoms.